The molecule has 122 valence electrons. The summed E-state index contributed by atoms with van der Waals surface area (Å²) in [6.07, 6.45) is 0.842. The number of carbonyl (C=O) groups is 3. The van der Waals surface area contributed by atoms with Gasteiger partial charge < -0.3 is 9.64 Å². The maximum Gasteiger partial charge on any atom is 0.319 e. The van der Waals surface area contributed by atoms with Gasteiger partial charge in [0.15, 0.2) is 0 Å². The number of benzene rings is 1. The van der Waals surface area contributed by atoms with E-state index in [4.69, 9.17) is 4.74 Å². The zero-order chi connectivity index (χ0) is 16.6. The summed E-state index contributed by atoms with van der Waals surface area (Å²) in [6.45, 7) is 1.88. The number of ether oxygens (including phenoxy) is 1. The number of amides is 1. The van der Waals surface area contributed by atoms with E-state index in [1.165, 1.54) is 0 Å². The van der Waals surface area contributed by atoms with Crippen LogP contribution < -0.4 is 0 Å². The molecule has 2 unspecified atom stereocenters. The molecule has 5 nitrogen and oxygen atoms in total. The zero-order valence-corrected chi connectivity index (χ0v) is 13.4. The molecule has 23 heavy (non-hydrogen) atoms. The van der Waals surface area contributed by atoms with Crippen molar-refractivity contribution in [2.75, 3.05) is 7.05 Å². The van der Waals surface area contributed by atoms with E-state index in [1.807, 2.05) is 37.3 Å². The van der Waals surface area contributed by atoms with E-state index in [0.717, 1.165) is 5.56 Å². The highest BCUT2D eigenvalue weighted by Gasteiger charge is 2.46. The summed E-state index contributed by atoms with van der Waals surface area (Å²) < 4.78 is 5.70. The van der Waals surface area contributed by atoms with E-state index in [9.17, 15) is 14.4 Å². The number of hydrogen-bond donors (Lipinski definition) is 0. The number of hydrogen-bond acceptors (Lipinski definition) is 4. The van der Waals surface area contributed by atoms with Gasteiger partial charge in [0.2, 0.25) is 5.91 Å². The Bertz CT molecular complexity index is 627. The summed E-state index contributed by atoms with van der Waals surface area (Å²) in [7, 11) is 1.70. The van der Waals surface area contributed by atoms with Gasteiger partial charge >= 0.3 is 5.97 Å². The summed E-state index contributed by atoms with van der Waals surface area (Å²) in [5, 5.41) is 0. The third kappa shape index (κ3) is 2.87. The lowest BCUT2D eigenvalue weighted by Crippen LogP contribution is -2.42. The predicted octanol–water partition coefficient (Wildman–Crippen LogP) is 2.12. The molecular weight excluding hydrogens is 294 g/mol. The predicted molar refractivity (Wildman–Crippen MR) is 83.3 cm³/mol. The number of rotatable bonds is 2. The monoisotopic (exact) mass is 315 g/mol. The smallest absolute Gasteiger partial charge is 0.319 e. The highest BCUT2D eigenvalue weighted by atomic mass is 16.5. The molecule has 2 fully saturated rings. The highest BCUT2D eigenvalue weighted by Crippen LogP contribution is 2.37. The second-order valence-electron chi connectivity index (χ2n) is 6.48. The number of ketones is 1. The Kier molecular flexibility index (Phi) is 4.20. The number of esters is 1. The largest absolute Gasteiger partial charge is 0.455 e. The molecule has 5 heteroatoms. The van der Waals surface area contributed by atoms with E-state index in [-0.39, 0.29) is 23.7 Å². The van der Waals surface area contributed by atoms with Crippen molar-refractivity contribution in [3.8, 4) is 0 Å². The van der Waals surface area contributed by atoms with Gasteiger partial charge in [0.25, 0.3) is 0 Å². The van der Waals surface area contributed by atoms with Crippen LogP contribution in [-0.2, 0) is 19.1 Å². The van der Waals surface area contributed by atoms with Gasteiger partial charge in [-0.05, 0) is 24.8 Å². The Labute approximate surface area is 135 Å². The van der Waals surface area contributed by atoms with Crippen molar-refractivity contribution in [3.05, 3.63) is 35.9 Å². The Morgan fingerprint density at radius 1 is 1.13 bits per heavy atom. The summed E-state index contributed by atoms with van der Waals surface area (Å²) in [5.74, 6) is -1.70. The minimum absolute atomic E-state index is 0.121. The lowest BCUT2D eigenvalue weighted by Gasteiger charge is -2.28. The molecule has 1 aliphatic carbocycles. The van der Waals surface area contributed by atoms with Gasteiger partial charge in [-0.2, -0.15) is 0 Å². The molecule has 1 aromatic rings. The fraction of sp³-hybridized carbons (Fsp3) is 0.500. The number of likely N-dealkylation sites (N-methyl/N-ethyl adjacent to an activating group) is 1. The molecule has 1 heterocycles. The Hall–Kier alpha value is -2.17. The lowest BCUT2D eigenvalue weighted by atomic mass is 9.89. The Morgan fingerprint density at radius 3 is 2.43 bits per heavy atom. The molecular formula is C18H21NO4. The first-order valence-electron chi connectivity index (χ1n) is 8.03. The summed E-state index contributed by atoms with van der Waals surface area (Å²) in [5.41, 5.74) is 0.871. The minimum Gasteiger partial charge on any atom is -0.455 e. The summed E-state index contributed by atoms with van der Waals surface area (Å²) in [6, 6.07) is 9.20. The van der Waals surface area contributed by atoms with Crippen LogP contribution in [-0.4, -0.2) is 35.6 Å². The van der Waals surface area contributed by atoms with Crippen LogP contribution in [0, 0.1) is 11.8 Å². The van der Waals surface area contributed by atoms with Crippen LogP contribution in [0.2, 0.25) is 0 Å². The quantitative estimate of drug-likeness (QED) is 0.619. The Morgan fingerprint density at radius 2 is 1.83 bits per heavy atom. The molecule has 1 aromatic carbocycles. The van der Waals surface area contributed by atoms with Gasteiger partial charge in [-0.1, -0.05) is 30.3 Å². The zero-order valence-electron chi connectivity index (χ0n) is 13.4. The SMILES string of the molecule is C[C@H]1[C@@H](c2ccccc2)OC(=O)C(C2CCC(=O)C2)C(=O)N1C. The summed E-state index contributed by atoms with van der Waals surface area (Å²) in [4.78, 5) is 38.5. The Balaban J connectivity index is 1.91. The van der Waals surface area contributed by atoms with Crippen LogP contribution in [0.25, 0.3) is 0 Å². The van der Waals surface area contributed by atoms with Crippen LogP contribution in [0.15, 0.2) is 30.3 Å². The van der Waals surface area contributed by atoms with Gasteiger partial charge in [-0.3, -0.25) is 14.4 Å². The van der Waals surface area contributed by atoms with Crippen LogP contribution in [0.3, 0.4) is 0 Å². The first-order chi connectivity index (χ1) is 11.0. The lowest BCUT2D eigenvalue weighted by molar-refractivity contribution is -0.157. The maximum absolute atomic E-state index is 12.8. The fourth-order valence-electron chi connectivity index (χ4n) is 3.53. The van der Waals surface area contributed by atoms with E-state index < -0.39 is 18.0 Å². The van der Waals surface area contributed by atoms with Crippen LogP contribution in [0.5, 0.6) is 0 Å². The molecule has 3 rings (SSSR count). The van der Waals surface area contributed by atoms with E-state index in [0.29, 0.717) is 19.3 Å². The van der Waals surface area contributed by atoms with Gasteiger partial charge in [0.1, 0.15) is 17.8 Å². The average Bonchev–Trinajstić information content (AvgIpc) is 2.95. The number of nitrogens with zero attached hydrogens (tertiary/aromatic N) is 1. The van der Waals surface area contributed by atoms with Crippen LogP contribution >= 0.6 is 0 Å². The van der Waals surface area contributed by atoms with E-state index >= 15 is 0 Å². The fourth-order valence-corrected chi connectivity index (χ4v) is 3.53. The minimum atomic E-state index is -0.859. The van der Waals surface area contributed by atoms with Crippen LogP contribution in [0.1, 0.15) is 37.9 Å². The van der Waals surface area contributed by atoms with Gasteiger partial charge in [-0.15, -0.1) is 0 Å². The normalized spacial score (nSPS) is 31.9. The topological polar surface area (TPSA) is 63.7 Å². The third-order valence-corrected chi connectivity index (χ3v) is 5.04. The van der Waals surface area contributed by atoms with Gasteiger partial charge in [-0.25, -0.2) is 0 Å². The molecule has 0 radical (unpaired) electrons. The number of Topliss-reactive ketones (excluding diaryl/α,β-unsaturated/α-hetero) is 1. The molecule has 0 bridgehead atoms. The van der Waals surface area contributed by atoms with Crippen molar-refractivity contribution in [1.29, 1.82) is 0 Å². The molecule has 1 aliphatic heterocycles. The average molecular weight is 315 g/mol. The van der Waals surface area contributed by atoms with Gasteiger partial charge in [0, 0.05) is 19.9 Å². The van der Waals surface area contributed by atoms with Crippen molar-refractivity contribution in [2.24, 2.45) is 11.8 Å². The van der Waals surface area contributed by atoms with E-state index in [2.05, 4.69) is 0 Å². The molecule has 1 saturated carbocycles. The van der Waals surface area contributed by atoms with Gasteiger partial charge in [0.05, 0.1) is 6.04 Å². The molecule has 0 N–H and O–H groups in total. The molecule has 4 atom stereocenters. The standard InChI is InChI=1S/C18H21NO4/c1-11-16(12-6-4-3-5-7-12)23-18(22)15(17(21)19(11)2)13-8-9-14(20)10-13/h3-7,11,13,15-16H,8-10H2,1-2H3/t11-,13?,15?,16-/m0/s1. The first kappa shape index (κ1) is 15.7. The van der Waals surface area contributed by atoms with Crippen LogP contribution in [0.4, 0.5) is 0 Å². The molecule has 0 aromatic heterocycles. The van der Waals surface area contributed by atoms with Crippen molar-refractivity contribution in [3.63, 3.8) is 0 Å². The number of carbonyl (C=O) groups excluding carboxylic acids is 3. The maximum atomic E-state index is 12.8. The first-order valence-corrected chi connectivity index (χ1v) is 8.03. The number of cyclic esters (lactones) is 1. The second kappa shape index (κ2) is 6.14. The second-order valence-corrected chi connectivity index (χ2v) is 6.48. The van der Waals surface area contributed by atoms with Crippen molar-refractivity contribution < 1.29 is 19.1 Å². The summed E-state index contributed by atoms with van der Waals surface area (Å²) >= 11 is 0. The third-order valence-electron chi connectivity index (χ3n) is 5.04. The molecule has 1 amide bonds. The molecule has 2 aliphatic rings. The van der Waals surface area contributed by atoms with Crippen molar-refractivity contribution in [1.82, 2.24) is 4.90 Å². The molecule has 1 saturated heterocycles. The molecule has 0 spiro atoms. The van der Waals surface area contributed by atoms with Crippen molar-refractivity contribution in [2.45, 2.75) is 38.3 Å². The highest BCUT2D eigenvalue weighted by molar-refractivity contribution is 6.00. The van der Waals surface area contributed by atoms with Crippen molar-refractivity contribution >= 4 is 17.7 Å². The van der Waals surface area contributed by atoms with E-state index in [1.54, 1.807) is 11.9 Å².